The van der Waals surface area contributed by atoms with Crippen LogP contribution in [0.1, 0.15) is 43.9 Å². The summed E-state index contributed by atoms with van der Waals surface area (Å²) in [4.78, 5) is 31.7. The highest BCUT2D eigenvalue weighted by molar-refractivity contribution is 8.18. The number of rotatable bonds is 5. The van der Waals surface area contributed by atoms with Crippen LogP contribution in [0, 0.1) is 23.0 Å². The molecule has 0 radical (unpaired) electrons. The molecule has 2 atom stereocenters. The van der Waals surface area contributed by atoms with Gasteiger partial charge in [0.2, 0.25) is 0 Å². The summed E-state index contributed by atoms with van der Waals surface area (Å²) in [6.45, 7) is 4.09. The van der Waals surface area contributed by atoms with E-state index in [0.717, 1.165) is 30.5 Å². The number of thioether (sulfide) groups is 1. The zero-order valence-electron chi connectivity index (χ0n) is 20.2. The molecule has 2 heterocycles. The van der Waals surface area contributed by atoms with Crippen molar-refractivity contribution in [2.75, 3.05) is 0 Å². The topological polar surface area (TPSA) is 89.0 Å². The minimum Gasteiger partial charge on any atom is -0.457 e. The molecule has 1 aliphatic heterocycles. The number of nitro groups is 1. The Kier molecular flexibility index (Phi) is 6.78. The second kappa shape index (κ2) is 10.1. The third-order valence-corrected chi connectivity index (χ3v) is 7.80. The Bertz CT molecular complexity index is 1360. The number of furan rings is 1. The van der Waals surface area contributed by atoms with E-state index in [4.69, 9.17) is 9.41 Å². The van der Waals surface area contributed by atoms with Gasteiger partial charge in [-0.05, 0) is 67.3 Å². The fourth-order valence-electron chi connectivity index (χ4n) is 4.84. The van der Waals surface area contributed by atoms with Gasteiger partial charge >= 0.3 is 0 Å². The molecule has 0 unspecified atom stereocenters. The Labute approximate surface area is 214 Å². The molecule has 2 aromatic carbocycles. The predicted molar refractivity (Wildman–Crippen MR) is 143 cm³/mol. The first-order valence-corrected chi connectivity index (χ1v) is 12.9. The van der Waals surface area contributed by atoms with Crippen LogP contribution in [0.15, 0.2) is 75.0 Å². The molecule has 1 saturated heterocycles. The normalized spacial score (nSPS) is 22.5. The maximum Gasteiger partial charge on any atom is 0.270 e. The van der Waals surface area contributed by atoms with Crippen molar-refractivity contribution in [1.29, 1.82) is 0 Å². The lowest BCUT2D eigenvalue weighted by molar-refractivity contribution is -0.384. The van der Waals surface area contributed by atoms with Crippen molar-refractivity contribution in [3.8, 4) is 11.3 Å². The standard InChI is InChI=1S/C28H27N3O4S/c1-18-12-13-21(31(33)34)16-23(18)25-15-14-22(35-25)17-26-27(32)30(24-11-7-6-8-19(24)2)28(36-26)29-20-9-4-3-5-10-20/h3-5,9-10,12-17,19,24H,6-8,11H2,1-2H3/b26-17-,29-28?/t19-,24+/m1/s1. The molecule has 1 saturated carbocycles. The zero-order chi connectivity index (χ0) is 25.2. The summed E-state index contributed by atoms with van der Waals surface area (Å²) in [6.07, 6.45) is 6.10. The number of aryl methyl sites for hydroxylation is 1. The van der Waals surface area contributed by atoms with E-state index in [-0.39, 0.29) is 17.6 Å². The third kappa shape index (κ3) is 4.86. The second-order valence-corrected chi connectivity index (χ2v) is 10.3. The molecule has 8 heteroatoms. The quantitative estimate of drug-likeness (QED) is 0.207. The fraction of sp³-hybridized carbons (Fsp3) is 0.286. The minimum absolute atomic E-state index is 0.00689. The van der Waals surface area contributed by atoms with Crippen molar-refractivity contribution in [2.24, 2.45) is 10.9 Å². The van der Waals surface area contributed by atoms with Gasteiger partial charge in [0.15, 0.2) is 5.17 Å². The van der Waals surface area contributed by atoms with Gasteiger partial charge in [-0.15, -0.1) is 0 Å². The zero-order valence-corrected chi connectivity index (χ0v) is 21.0. The maximum atomic E-state index is 13.6. The highest BCUT2D eigenvalue weighted by Gasteiger charge is 2.41. The van der Waals surface area contributed by atoms with Crippen LogP contribution in [-0.4, -0.2) is 26.9 Å². The summed E-state index contributed by atoms with van der Waals surface area (Å²) in [5.74, 6) is 1.38. The van der Waals surface area contributed by atoms with Crippen molar-refractivity contribution in [3.63, 3.8) is 0 Å². The molecule has 0 N–H and O–H groups in total. The van der Waals surface area contributed by atoms with Crippen LogP contribution in [0.5, 0.6) is 0 Å². The van der Waals surface area contributed by atoms with Crippen LogP contribution in [0.3, 0.4) is 0 Å². The van der Waals surface area contributed by atoms with Gasteiger partial charge in [-0.1, -0.05) is 44.0 Å². The number of nitrogens with zero attached hydrogens (tertiary/aromatic N) is 3. The number of hydrogen-bond acceptors (Lipinski definition) is 6. The van der Waals surface area contributed by atoms with Crippen molar-refractivity contribution < 1.29 is 14.1 Å². The van der Waals surface area contributed by atoms with Gasteiger partial charge in [0.1, 0.15) is 11.5 Å². The first-order valence-electron chi connectivity index (χ1n) is 12.1. The number of carbonyl (C=O) groups is 1. The van der Waals surface area contributed by atoms with Gasteiger partial charge in [0.05, 0.1) is 15.5 Å². The molecule has 1 aromatic heterocycles. The van der Waals surface area contributed by atoms with E-state index in [1.807, 2.05) is 42.2 Å². The van der Waals surface area contributed by atoms with Crippen molar-refractivity contribution in [2.45, 2.75) is 45.6 Å². The molecule has 1 aliphatic carbocycles. The van der Waals surface area contributed by atoms with Gasteiger partial charge in [0.25, 0.3) is 11.6 Å². The largest absolute Gasteiger partial charge is 0.457 e. The molecule has 3 aromatic rings. The molecule has 36 heavy (non-hydrogen) atoms. The SMILES string of the molecule is Cc1ccc([N+](=O)[O-])cc1-c1ccc(/C=C2\SC(=Nc3ccccc3)N([C@H]3CCCC[C@H]3C)C2=O)o1. The lowest BCUT2D eigenvalue weighted by Gasteiger charge is -2.35. The summed E-state index contributed by atoms with van der Waals surface area (Å²) in [5.41, 5.74) is 2.34. The minimum atomic E-state index is -0.420. The number of amides is 1. The molecular formula is C28H27N3O4S. The summed E-state index contributed by atoms with van der Waals surface area (Å²) in [5, 5.41) is 11.9. The number of hydrogen-bond donors (Lipinski definition) is 0. The Balaban J connectivity index is 1.48. The summed E-state index contributed by atoms with van der Waals surface area (Å²) < 4.78 is 6.03. The molecule has 7 nitrogen and oxygen atoms in total. The van der Waals surface area contributed by atoms with Crippen molar-refractivity contribution in [1.82, 2.24) is 4.90 Å². The smallest absolute Gasteiger partial charge is 0.270 e. The maximum absolute atomic E-state index is 13.6. The van der Waals surface area contributed by atoms with E-state index in [1.165, 1.54) is 30.3 Å². The average molecular weight is 502 g/mol. The highest BCUT2D eigenvalue weighted by atomic mass is 32.2. The van der Waals surface area contributed by atoms with Gasteiger partial charge in [-0.3, -0.25) is 19.8 Å². The van der Waals surface area contributed by atoms with Crippen LogP contribution in [0.4, 0.5) is 11.4 Å². The predicted octanol–water partition coefficient (Wildman–Crippen LogP) is 7.35. The lowest BCUT2D eigenvalue weighted by atomic mass is 9.85. The summed E-state index contributed by atoms with van der Waals surface area (Å²) in [6, 6.07) is 18.1. The second-order valence-electron chi connectivity index (χ2n) is 9.30. The van der Waals surface area contributed by atoms with Gasteiger partial charge in [-0.2, -0.15) is 0 Å². The van der Waals surface area contributed by atoms with Gasteiger partial charge < -0.3 is 4.42 Å². The molecule has 1 amide bonds. The van der Waals surface area contributed by atoms with Crippen molar-refractivity contribution >= 4 is 40.3 Å². The van der Waals surface area contributed by atoms with Crippen LogP contribution in [0.25, 0.3) is 17.4 Å². The van der Waals surface area contributed by atoms with Crippen LogP contribution in [0.2, 0.25) is 0 Å². The summed E-state index contributed by atoms with van der Waals surface area (Å²) >= 11 is 1.36. The number of amidine groups is 1. The average Bonchev–Trinajstić information content (AvgIpc) is 3.45. The molecular weight excluding hydrogens is 474 g/mol. The van der Waals surface area contributed by atoms with E-state index in [2.05, 4.69) is 6.92 Å². The fourth-order valence-corrected chi connectivity index (χ4v) is 5.87. The monoisotopic (exact) mass is 501 g/mol. The Morgan fingerprint density at radius 3 is 2.64 bits per heavy atom. The van der Waals surface area contributed by atoms with Crippen molar-refractivity contribution in [3.05, 3.63) is 87.0 Å². The number of nitro benzene ring substituents is 1. The third-order valence-electron chi connectivity index (χ3n) is 6.81. The van der Waals surface area contributed by atoms with Crippen LogP contribution in [-0.2, 0) is 4.79 Å². The van der Waals surface area contributed by atoms with E-state index in [9.17, 15) is 14.9 Å². The first-order chi connectivity index (χ1) is 17.4. The van der Waals surface area contributed by atoms with E-state index < -0.39 is 4.92 Å². The number of carbonyl (C=O) groups excluding carboxylic acids is 1. The Hall–Kier alpha value is -3.65. The molecule has 184 valence electrons. The van der Waals surface area contributed by atoms with Gasteiger partial charge in [0, 0.05) is 29.8 Å². The number of benzene rings is 2. The molecule has 2 fully saturated rings. The highest BCUT2D eigenvalue weighted by Crippen LogP contribution is 2.40. The summed E-state index contributed by atoms with van der Waals surface area (Å²) in [7, 11) is 0. The lowest BCUT2D eigenvalue weighted by Crippen LogP contribution is -2.44. The Morgan fingerprint density at radius 1 is 1.11 bits per heavy atom. The Morgan fingerprint density at radius 2 is 1.89 bits per heavy atom. The van der Waals surface area contributed by atoms with E-state index in [1.54, 1.807) is 24.3 Å². The number of aliphatic imine (C=N–C) groups is 1. The van der Waals surface area contributed by atoms with Crippen LogP contribution >= 0.6 is 11.8 Å². The van der Waals surface area contributed by atoms with Gasteiger partial charge in [-0.25, -0.2) is 4.99 Å². The number of non-ortho nitro benzene ring substituents is 1. The van der Waals surface area contributed by atoms with Crippen LogP contribution < -0.4 is 0 Å². The van der Waals surface area contributed by atoms with E-state index in [0.29, 0.717) is 33.1 Å². The molecule has 5 rings (SSSR count). The molecule has 0 bridgehead atoms. The van der Waals surface area contributed by atoms with E-state index >= 15 is 0 Å². The molecule has 2 aliphatic rings. The molecule has 0 spiro atoms. The first kappa shape index (κ1) is 24.1. The number of para-hydroxylation sites is 1.